The van der Waals surface area contributed by atoms with E-state index < -0.39 is 5.97 Å². The zero-order valence-electron chi connectivity index (χ0n) is 25.1. The number of aliphatic carboxylic acids is 1. The Balaban J connectivity index is 3.39. The van der Waals surface area contributed by atoms with E-state index in [1.807, 2.05) is 28.2 Å². The lowest BCUT2D eigenvalue weighted by Gasteiger charge is -2.27. The van der Waals surface area contributed by atoms with Gasteiger partial charge in [-0.1, -0.05) is 50.7 Å². The van der Waals surface area contributed by atoms with E-state index in [1.165, 1.54) is 38.5 Å². The molecule has 0 atom stereocenters. The second-order valence-corrected chi connectivity index (χ2v) is 11.5. The van der Waals surface area contributed by atoms with Crippen LogP contribution in [0.1, 0.15) is 103 Å². The van der Waals surface area contributed by atoms with E-state index in [9.17, 15) is 14.4 Å². The van der Waals surface area contributed by atoms with Crippen LogP contribution in [0, 0.1) is 0 Å². The van der Waals surface area contributed by atoms with Crippen molar-refractivity contribution in [3.05, 3.63) is 12.2 Å². The minimum Gasteiger partial charge on any atom is -0.477 e. The summed E-state index contributed by atoms with van der Waals surface area (Å²) in [7, 11) is 7.89. The fourth-order valence-corrected chi connectivity index (χ4v) is 4.37. The maximum atomic E-state index is 11.9. The van der Waals surface area contributed by atoms with Gasteiger partial charge in [-0.15, -0.1) is 0 Å². The van der Waals surface area contributed by atoms with Crippen molar-refractivity contribution in [1.29, 1.82) is 0 Å². The molecule has 0 radical (unpaired) electrons. The fourth-order valence-electron chi connectivity index (χ4n) is 4.37. The van der Waals surface area contributed by atoms with Crippen molar-refractivity contribution in [3.8, 4) is 0 Å². The Hall–Kier alpha value is -1.93. The number of amides is 2. The van der Waals surface area contributed by atoms with Gasteiger partial charge in [0.05, 0.1) is 20.6 Å². The molecule has 0 fully saturated rings. The standard InChI is InChI=1S/C30H58N4O4/c1-33(2)25-19-23-31-28(35)21-17-15-13-11-9-7-5-6-8-10-12-14-16-18-22-29(36)32-24-20-26-34(3,4)27-30(37)38/h5-6H,7-27H2,1-4H3,(H2-,31,32,35,36,37,38)/p+1. The largest absolute Gasteiger partial charge is 0.477 e. The molecule has 0 aliphatic carbocycles. The van der Waals surface area contributed by atoms with Crippen LogP contribution in [0.4, 0.5) is 0 Å². The number of carbonyl (C=O) groups excluding carboxylic acids is 2. The first-order valence-corrected chi connectivity index (χ1v) is 15.0. The van der Waals surface area contributed by atoms with Crippen molar-refractivity contribution >= 4 is 17.8 Å². The highest BCUT2D eigenvalue weighted by Gasteiger charge is 2.18. The molecule has 38 heavy (non-hydrogen) atoms. The maximum Gasteiger partial charge on any atom is 0.359 e. The summed E-state index contributed by atoms with van der Waals surface area (Å²) in [5, 5.41) is 14.9. The van der Waals surface area contributed by atoms with Crippen LogP contribution in [0.5, 0.6) is 0 Å². The van der Waals surface area contributed by atoms with Gasteiger partial charge in [0.15, 0.2) is 6.54 Å². The Morgan fingerprint density at radius 1 is 0.684 bits per heavy atom. The Morgan fingerprint density at radius 3 is 1.61 bits per heavy atom. The number of nitrogens with one attached hydrogen (secondary N) is 2. The van der Waals surface area contributed by atoms with Crippen LogP contribution in [-0.2, 0) is 14.4 Å². The number of hydrogen-bond donors (Lipinski definition) is 3. The SMILES string of the molecule is CN(C)CCCNC(=O)CCCCCCCC=CCCCCCCCC(=O)NCCC[N+](C)(C)CC(=O)O. The van der Waals surface area contributed by atoms with E-state index in [0.717, 1.165) is 71.0 Å². The summed E-state index contributed by atoms with van der Waals surface area (Å²) in [6.07, 6.45) is 21.4. The van der Waals surface area contributed by atoms with Crippen LogP contribution in [0.2, 0.25) is 0 Å². The Labute approximate surface area is 233 Å². The first kappa shape index (κ1) is 36.1. The molecule has 0 saturated carbocycles. The van der Waals surface area contributed by atoms with Crippen molar-refractivity contribution in [2.24, 2.45) is 0 Å². The van der Waals surface area contributed by atoms with E-state index in [1.54, 1.807) is 0 Å². The topological polar surface area (TPSA) is 98.7 Å². The minimum atomic E-state index is -0.793. The highest BCUT2D eigenvalue weighted by atomic mass is 16.4. The zero-order chi connectivity index (χ0) is 28.5. The van der Waals surface area contributed by atoms with Crippen molar-refractivity contribution in [3.63, 3.8) is 0 Å². The van der Waals surface area contributed by atoms with Gasteiger partial charge in [-0.25, -0.2) is 4.79 Å². The van der Waals surface area contributed by atoms with E-state index in [-0.39, 0.29) is 18.4 Å². The number of carboxylic acids is 1. The van der Waals surface area contributed by atoms with Crippen LogP contribution in [-0.4, -0.2) is 93.2 Å². The highest BCUT2D eigenvalue weighted by Crippen LogP contribution is 2.10. The van der Waals surface area contributed by atoms with Gasteiger partial charge in [-0.2, -0.15) is 0 Å². The van der Waals surface area contributed by atoms with Gasteiger partial charge in [0.2, 0.25) is 11.8 Å². The molecule has 0 spiro atoms. The van der Waals surface area contributed by atoms with Crippen molar-refractivity contribution < 1.29 is 24.0 Å². The first-order chi connectivity index (χ1) is 18.1. The van der Waals surface area contributed by atoms with Crippen LogP contribution in [0.25, 0.3) is 0 Å². The van der Waals surface area contributed by atoms with E-state index >= 15 is 0 Å². The van der Waals surface area contributed by atoms with Crippen LogP contribution in [0.15, 0.2) is 12.2 Å². The van der Waals surface area contributed by atoms with Gasteiger partial charge in [0.1, 0.15) is 0 Å². The molecule has 0 unspecified atom stereocenters. The predicted octanol–water partition coefficient (Wildman–Crippen LogP) is 4.74. The molecule has 2 amide bonds. The monoisotopic (exact) mass is 539 g/mol. The molecule has 0 aromatic heterocycles. The van der Waals surface area contributed by atoms with E-state index in [0.29, 0.717) is 23.9 Å². The summed E-state index contributed by atoms with van der Waals surface area (Å²) in [5.41, 5.74) is 0. The van der Waals surface area contributed by atoms with Crippen molar-refractivity contribution in [1.82, 2.24) is 15.5 Å². The molecule has 0 aliphatic heterocycles. The quantitative estimate of drug-likeness (QED) is 0.0838. The molecular weight excluding hydrogens is 480 g/mol. The highest BCUT2D eigenvalue weighted by molar-refractivity contribution is 5.76. The number of unbranched alkanes of at least 4 members (excludes halogenated alkanes) is 10. The lowest BCUT2D eigenvalue weighted by Crippen LogP contribution is -2.45. The fraction of sp³-hybridized carbons (Fsp3) is 0.833. The third kappa shape index (κ3) is 27.1. The van der Waals surface area contributed by atoms with Gasteiger partial charge < -0.3 is 25.1 Å². The van der Waals surface area contributed by atoms with Gasteiger partial charge in [0.25, 0.3) is 0 Å². The van der Waals surface area contributed by atoms with Crippen LogP contribution in [0.3, 0.4) is 0 Å². The predicted molar refractivity (Wildman–Crippen MR) is 157 cm³/mol. The molecule has 222 valence electrons. The molecule has 0 aromatic carbocycles. The summed E-state index contributed by atoms with van der Waals surface area (Å²) >= 11 is 0. The van der Waals surface area contributed by atoms with Gasteiger partial charge in [-0.3, -0.25) is 9.59 Å². The summed E-state index contributed by atoms with van der Waals surface area (Å²) in [6.45, 7) is 3.24. The number of carbonyl (C=O) groups is 3. The molecule has 3 N–H and O–H groups in total. The number of likely N-dealkylation sites (N-methyl/N-ethyl adjacent to an activating group) is 1. The normalized spacial score (nSPS) is 11.8. The molecule has 0 aromatic rings. The van der Waals surface area contributed by atoms with Crippen molar-refractivity contribution in [2.45, 2.75) is 103 Å². The summed E-state index contributed by atoms with van der Waals surface area (Å²) in [4.78, 5) is 36.7. The Kier molecular flexibility index (Phi) is 22.9. The second-order valence-electron chi connectivity index (χ2n) is 11.5. The second kappa shape index (κ2) is 24.1. The summed E-state index contributed by atoms with van der Waals surface area (Å²) < 4.78 is 0.431. The number of carboxylic acid groups (broad SMARTS) is 1. The van der Waals surface area contributed by atoms with Gasteiger partial charge >= 0.3 is 5.97 Å². The van der Waals surface area contributed by atoms with E-state index in [2.05, 4.69) is 27.7 Å². The lowest BCUT2D eigenvalue weighted by molar-refractivity contribution is -0.883. The lowest BCUT2D eigenvalue weighted by atomic mass is 10.1. The minimum absolute atomic E-state index is 0.102. The summed E-state index contributed by atoms with van der Waals surface area (Å²) in [6, 6.07) is 0. The maximum absolute atomic E-state index is 11.9. The molecule has 0 bridgehead atoms. The smallest absolute Gasteiger partial charge is 0.359 e. The third-order valence-corrected chi connectivity index (χ3v) is 6.65. The van der Waals surface area contributed by atoms with Crippen molar-refractivity contribution in [2.75, 3.05) is 60.9 Å². The van der Waals surface area contributed by atoms with Gasteiger partial charge in [-0.05, 0) is 65.6 Å². The molecule has 8 nitrogen and oxygen atoms in total. The number of rotatable bonds is 26. The molecule has 0 aliphatic rings. The Bertz CT molecular complexity index is 650. The number of nitrogens with zero attached hydrogens (tertiary/aromatic N) is 2. The molecule has 0 saturated heterocycles. The first-order valence-electron chi connectivity index (χ1n) is 15.0. The number of quaternary nitrogens is 1. The number of hydrogen-bond acceptors (Lipinski definition) is 4. The average molecular weight is 540 g/mol. The Morgan fingerprint density at radius 2 is 1.13 bits per heavy atom. The zero-order valence-corrected chi connectivity index (χ0v) is 25.1. The number of allylic oxidation sites excluding steroid dienone is 2. The molecule has 0 rings (SSSR count). The average Bonchev–Trinajstić information content (AvgIpc) is 2.83. The summed E-state index contributed by atoms with van der Waals surface area (Å²) in [5.74, 6) is -0.495. The van der Waals surface area contributed by atoms with E-state index in [4.69, 9.17) is 5.11 Å². The third-order valence-electron chi connectivity index (χ3n) is 6.65. The van der Waals surface area contributed by atoms with Gasteiger partial charge in [0, 0.05) is 32.4 Å². The molecule has 0 heterocycles. The molecule has 8 heteroatoms. The van der Waals surface area contributed by atoms with Crippen LogP contribution < -0.4 is 10.6 Å². The molecular formula is C30H59N4O4+. The van der Waals surface area contributed by atoms with Crippen LogP contribution >= 0.6 is 0 Å².